The predicted molar refractivity (Wildman–Crippen MR) is 62.9 cm³/mol. The number of allylic oxidation sites excluding steroid dienone is 1. The van der Waals surface area contributed by atoms with Gasteiger partial charge in [0, 0.05) is 7.11 Å². The van der Waals surface area contributed by atoms with E-state index in [1.54, 1.807) is 7.11 Å². The van der Waals surface area contributed by atoms with Crippen LogP contribution in [-0.2, 0) is 4.74 Å². The lowest BCUT2D eigenvalue weighted by molar-refractivity contribution is -0.0777. The third kappa shape index (κ3) is 3.05. The Labute approximate surface area is 93.3 Å². The molecule has 0 saturated carbocycles. The largest absolute Gasteiger partial charge is 0.386 e. The van der Waals surface area contributed by atoms with Crippen LogP contribution in [0, 0.1) is 0 Å². The second-order valence-corrected chi connectivity index (χ2v) is 4.65. The van der Waals surface area contributed by atoms with Crippen LogP contribution in [0.3, 0.4) is 0 Å². The molecule has 2 heteroatoms. The number of aliphatic hydroxyl groups is 1. The van der Waals surface area contributed by atoms with E-state index in [0.717, 1.165) is 19.3 Å². The molecular weight excluding hydrogens is 188 g/mol. The topological polar surface area (TPSA) is 29.5 Å². The molecule has 88 valence electrons. The van der Waals surface area contributed by atoms with Gasteiger partial charge in [0.1, 0.15) is 6.10 Å². The van der Waals surface area contributed by atoms with Crippen molar-refractivity contribution >= 4 is 0 Å². The fourth-order valence-electron chi connectivity index (χ4n) is 2.13. The molecule has 2 unspecified atom stereocenters. The molecule has 0 aliphatic heterocycles. The molecule has 0 heterocycles. The number of ether oxygens (including phenoxy) is 1. The van der Waals surface area contributed by atoms with E-state index in [1.807, 2.05) is 6.92 Å². The zero-order valence-corrected chi connectivity index (χ0v) is 10.3. The second kappa shape index (κ2) is 5.66. The normalized spacial score (nSPS) is 23.9. The Morgan fingerprint density at radius 2 is 2.20 bits per heavy atom. The van der Waals surface area contributed by atoms with E-state index < -0.39 is 11.7 Å². The highest BCUT2D eigenvalue weighted by molar-refractivity contribution is 5.14. The highest BCUT2D eigenvalue weighted by Gasteiger charge is 2.33. The lowest BCUT2D eigenvalue weighted by Gasteiger charge is -2.33. The van der Waals surface area contributed by atoms with Gasteiger partial charge in [0.25, 0.3) is 0 Å². The van der Waals surface area contributed by atoms with Gasteiger partial charge in [-0.15, -0.1) is 0 Å². The minimum atomic E-state index is -0.439. The summed E-state index contributed by atoms with van der Waals surface area (Å²) in [5, 5.41) is 10.3. The van der Waals surface area contributed by atoms with Crippen LogP contribution in [0.2, 0.25) is 0 Å². The van der Waals surface area contributed by atoms with E-state index in [9.17, 15) is 5.11 Å². The number of methoxy groups -OCH3 is 1. The molecule has 0 aromatic carbocycles. The maximum atomic E-state index is 10.3. The molecule has 0 fully saturated rings. The van der Waals surface area contributed by atoms with Crippen molar-refractivity contribution in [1.29, 1.82) is 0 Å². The zero-order chi connectivity index (χ0) is 11.3. The van der Waals surface area contributed by atoms with E-state index in [-0.39, 0.29) is 0 Å². The molecule has 0 aromatic rings. The standard InChI is InChI=1S/C13H24O2/c1-4-13(2,15-3)12(14)11-9-7-5-6-8-10-11/h9,12,14H,4-8,10H2,1-3H3. The third-order valence-corrected chi connectivity index (χ3v) is 3.67. The van der Waals surface area contributed by atoms with Crippen LogP contribution in [-0.4, -0.2) is 23.9 Å². The van der Waals surface area contributed by atoms with Crippen LogP contribution < -0.4 is 0 Å². The molecule has 2 atom stereocenters. The minimum Gasteiger partial charge on any atom is -0.386 e. The maximum absolute atomic E-state index is 10.3. The summed E-state index contributed by atoms with van der Waals surface area (Å²) in [5.74, 6) is 0. The number of aliphatic hydroxyl groups excluding tert-OH is 1. The van der Waals surface area contributed by atoms with Crippen LogP contribution in [0.4, 0.5) is 0 Å². The van der Waals surface area contributed by atoms with E-state index >= 15 is 0 Å². The molecule has 1 aliphatic carbocycles. The van der Waals surface area contributed by atoms with Gasteiger partial charge in [-0.05, 0) is 44.6 Å². The number of rotatable bonds is 4. The van der Waals surface area contributed by atoms with Crippen molar-refractivity contribution in [2.45, 2.75) is 64.1 Å². The summed E-state index contributed by atoms with van der Waals surface area (Å²) < 4.78 is 5.45. The molecule has 0 spiro atoms. The molecule has 0 aromatic heterocycles. The molecule has 0 amide bonds. The molecule has 0 bridgehead atoms. The van der Waals surface area contributed by atoms with Crippen molar-refractivity contribution in [2.24, 2.45) is 0 Å². The van der Waals surface area contributed by atoms with Crippen LogP contribution in [0.5, 0.6) is 0 Å². The molecule has 1 rings (SSSR count). The first kappa shape index (κ1) is 12.7. The Morgan fingerprint density at radius 3 is 2.80 bits per heavy atom. The van der Waals surface area contributed by atoms with Crippen molar-refractivity contribution in [2.75, 3.05) is 7.11 Å². The SMILES string of the molecule is CCC(C)(OC)C(O)C1=CCCCCC1. The van der Waals surface area contributed by atoms with E-state index in [2.05, 4.69) is 13.0 Å². The first-order chi connectivity index (χ1) is 7.14. The highest BCUT2D eigenvalue weighted by Crippen LogP contribution is 2.29. The summed E-state index contributed by atoms with van der Waals surface area (Å²) >= 11 is 0. The molecule has 2 nitrogen and oxygen atoms in total. The van der Waals surface area contributed by atoms with Gasteiger partial charge >= 0.3 is 0 Å². The van der Waals surface area contributed by atoms with Gasteiger partial charge < -0.3 is 9.84 Å². The summed E-state index contributed by atoms with van der Waals surface area (Å²) in [4.78, 5) is 0. The Hall–Kier alpha value is -0.340. The predicted octanol–water partition coefficient (Wildman–Crippen LogP) is 3.05. The Bertz CT molecular complexity index is 217. The first-order valence-corrected chi connectivity index (χ1v) is 6.06. The van der Waals surface area contributed by atoms with Crippen molar-refractivity contribution in [3.8, 4) is 0 Å². The van der Waals surface area contributed by atoms with Gasteiger partial charge in [-0.2, -0.15) is 0 Å². The van der Waals surface area contributed by atoms with E-state index in [1.165, 1.54) is 24.8 Å². The first-order valence-electron chi connectivity index (χ1n) is 6.06. The minimum absolute atomic E-state index is 0.420. The van der Waals surface area contributed by atoms with Gasteiger partial charge in [0.15, 0.2) is 0 Å². The van der Waals surface area contributed by atoms with E-state index in [4.69, 9.17) is 4.74 Å². The smallest absolute Gasteiger partial charge is 0.104 e. The Kier molecular flexibility index (Phi) is 4.81. The van der Waals surface area contributed by atoms with Gasteiger partial charge in [0.2, 0.25) is 0 Å². The van der Waals surface area contributed by atoms with Gasteiger partial charge in [0.05, 0.1) is 5.60 Å². The van der Waals surface area contributed by atoms with Gasteiger partial charge in [-0.3, -0.25) is 0 Å². The monoisotopic (exact) mass is 212 g/mol. The average molecular weight is 212 g/mol. The zero-order valence-electron chi connectivity index (χ0n) is 10.3. The molecule has 1 aliphatic rings. The second-order valence-electron chi connectivity index (χ2n) is 4.65. The molecule has 0 saturated heterocycles. The van der Waals surface area contributed by atoms with Crippen LogP contribution in [0.25, 0.3) is 0 Å². The number of hydrogen-bond acceptors (Lipinski definition) is 2. The highest BCUT2D eigenvalue weighted by atomic mass is 16.5. The van der Waals surface area contributed by atoms with Crippen LogP contribution >= 0.6 is 0 Å². The number of hydrogen-bond donors (Lipinski definition) is 1. The molecule has 0 radical (unpaired) electrons. The molecule has 15 heavy (non-hydrogen) atoms. The fraction of sp³-hybridized carbons (Fsp3) is 0.846. The third-order valence-electron chi connectivity index (χ3n) is 3.67. The Balaban J connectivity index is 2.72. The van der Waals surface area contributed by atoms with Gasteiger partial charge in [-0.1, -0.05) is 19.4 Å². The average Bonchev–Trinajstić information content (AvgIpc) is 2.55. The quantitative estimate of drug-likeness (QED) is 0.726. The fourth-order valence-corrected chi connectivity index (χ4v) is 2.13. The van der Waals surface area contributed by atoms with Crippen LogP contribution in [0.1, 0.15) is 52.4 Å². The molecular formula is C13H24O2. The summed E-state index contributed by atoms with van der Waals surface area (Å²) in [7, 11) is 1.68. The van der Waals surface area contributed by atoms with Crippen molar-refractivity contribution in [1.82, 2.24) is 0 Å². The summed E-state index contributed by atoms with van der Waals surface area (Å²) in [6.45, 7) is 4.05. The van der Waals surface area contributed by atoms with E-state index in [0.29, 0.717) is 0 Å². The van der Waals surface area contributed by atoms with Crippen LogP contribution in [0.15, 0.2) is 11.6 Å². The summed E-state index contributed by atoms with van der Waals surface area (Å²) in [5.41, 5.74) is 0.759. The van der Waals surface area contributed by atoms with Crippen molar-refractivity contribution < 1.29 is 9.84 Å². The Morgan fingerprint density at radius 1 is 1.47 bits per heavy atom. The lowest BCUT2D eigenvalue weighted by Crippen LogP contribution is -2.41. The lowest BCUT2D eigenvalue weighted by atomic mass is 9.88. The van der Waals surface area contributed by atoms with Gasteiger partial charge in [-0.25, -0.2) is 0 Å². The van der Waals surface area contributed by atoms with Crippen molar-refractivity contribution in [3.63, 3.8) is 0 Å². The summed E-state index contributed by atoms with van der Waals surface area (Å²) in [6.07, 6.45) is 8.48. The summed E-state index contributed by atoms with van der Waals surface area (Å²) in [6, 6.07) is 0. The van der Waals surface area contributed by atoms with Crippen molar-refractivity contribution in [3.05, 3.63) is 11.6 Å². The maximum Gasteiger partial charge on any atom is 0.104 e. The molecule has 1 N–H and O–H groups in total.